The molecular weight excluding hydrogens is 424 g/mol. The molecule has 0 atom stereocenters. The Morgan fingerprint density at radius 2 is 1.56 bits per heavy atom. The van der Waals surface area contributed by atoms with Gasteiger partial charge in [0.25, 0.3) is 0 Å². The number of benzene rings is 2. The van der Waals surface area contributed by atoms with Crippen LogP contribution >= 0.6 is 0 Å². The van der Waals surface area contributed by atoms with Crippen molar-refractivity contribution >= 4 is 40.1 Å². The van der Waals surface area contributed by atoms with Crippen molar-refractivity contribution in [3.05, 3.63) is 60.8 Å². The largest absolute Gasteiger partial charge is 0.369 e. The Balaban J connectivity index is 1.28. The number of fused-ring (bicyclic) bond motifs is 1. The van der Waals surface area contributed by atoms with Gasteiger partial charge in [0.05, 0.1) is 6.20 Å². The van der Waals surface area contributed by atoms with Crippen molar-refractivity contribution in [1.82, 2.24) is 24.8 Å². The van der Waals surface area contributed by atoms with E-state index in [0.717, 1.165) is 67.5 Å². The minimum Gasteiger partial charge on any atom is -0.369 e. The fourth-order valence-electron chi connectivity index (χ4n) is 5.01. The lowest BCUT2D eigenvalue weighted by molar-refractivity contribution is 0.535. The van der Waals surface area contributed by atoms with Gasteiger partial charge < -0.3 is 20.9 Å². The van der Waals surface area contributed by atoms with Crippen molar-refractivity contribution in [3.8, 4) is 0 Å². The van der Waals surface area contributed by atoms with Crippen LogP contribution in [0.25, 0.3) is 11.2 Å². The molecule has 1 aliphatic heterocycles. The van der Waals surface area contributed by atoms with Crippen LogP contribution in [0.1, 0.15) is 31.7 Å². The Hall–Kier alpha value is -3.65. The number of aromatic nitrogens is 4. The number of nitrogens with one attached hydrogen (secondary N) is 3. The van der Waals surface area contributed by atoms with Gasteiger partial charge in [-0.15, -0.1) is 0 Å². The van der Waals surface area contributed by atoms with Crippen molar-refractivity contribution in [2.45, 2.75) is 31.7 Å². The first kappa shape index (κ1) is 20.9. The summed E-state index contributed by atoms with van der Waals surface area (Å²) >= 11 is 0. The maximum atomic E-state index is 4.91. The summed E-state index contributed by atoms with van der Waals surface area (Å²) in [6.07, 6.45) is 6.60. The maximum Gasteiger partial charge on any atom is 0.229 e. The topological polar surface area (TPSA) is 82.9 Å². The number of hydrogen-bond donors (Lipinski definition) is 3. The fourth-order valence-corrected chi connectivity index (χ4v) is 5.01. The summed E-state index contributed by atoms with van der Waals surface area (Å²) in [5, 5.41) is 10.3. The SMILES string of the molecule is c1ccc(Nc2nc3cnc(Nc4ccc(N5CCNCC5)cc4)nc3n2C2CCCC2)cc1. The first-order chi connectivity index (χ1) is 16.8. The lowest BCUT2D eigenvalue weighted by Crippen LogP contribution is -2.43. The zero-order chi connectivity index (χ0) is 22.7. The predicted molar refractivity (Wildman–Crippen MR) is 137 cm³/mol. The highest BCUT2D eigenvalue weighted by Gasteiger charge is 2.24. The van der Waals surface area contributed by atoms with Crippen LogP contribution in [0.4, 0.5) is 29.0 Å². The third kappa shape index (κ3) is 4.28. The average Bonchev–Trinajstić information content (AvgIpc) is 3.53. The monoisotopic (exact) mass is 454 g/mol. The molecule has 8 nitrogen and oxygen atoms in total. The van der Waals surface area contributed by atoms with Gasteiger partial charge in [-0.2, -0.15) is 4.98 Å². The highest BCUT2D eigenvalue weighted by Crippen LogP contribution is 2.36. The third-order valence-electron chi connectivity index (χ3n) is 6.76. The predicted octanol–water partition coefficient (Wildman–Crippen LogP) is 4.84. The molecule has 2 fully saturated rings. The van der Waals surface area contributed by atoms with Crippen LogP contribution < -0.4 is 20.9 Å². The third-order valence-corrected chi connectivity index (χ3v) is 6.76. The van der Waals surface area contributed by atoms with Crippen molar-refractivity contribution in [2.24, 2.45) is 0 Å². The zero-order valence-corrected chi connectivity index (χ0v) is 19.2. The van der Waals surface area contributed by atoms with E-state index in [9.17, 15) is 0 Å². The molecule has 2 aromatic carbocycles. The number of nitrogens with zero attached hydrogens (tertiary/aromatic N) is 5. The minimum atomic E-state index is 0.400. The lowest BCUT2D eigenvalue weighted by atomic mass is 10.2. The summed E-state index contributed by atoms with van der Waals surface area (Å²) < 4.78 is 2.27. The molecule has 34 heavy (non-hydrogen) atoms. The molecule has 2 aromatic heterocycles. The molecule has 3 heterocycles. The van der Waals surface area contributed by atoms with Gasteiger partial charge in [-0.1, -0.05) is 31.0 Å². The number of piperazine rings is 1. The Labute approximate surface area is 199 Å². The van der Waals surface area contributed by atoms with Crippen LogP contribution in [0.3, 0.4) is 0 Å². The fraction of sp³-hybridized carbons (Fsp3) is 0.346. The van der Waals surface area contributed by atoms with E-state index in [0.29, 0.717) is 12.0 Å². The molecule has 0 spiro atoms. The molecular formula is C26H30N8. The molecule has 8 heteroatoms. The Morgan fingerprint density at radius 3 is 2.32 bits per heavy atom. The quantitative estimate of drug-likeness (QED) is 0.385. The molecule has 1 aliphatic carbocycles. The Bertz CT molecular complexity index is 1240. The number of imidazole rings is 1. The van der Waals surface area contributed by atoms with Gasteiger partial charge in [-0.25, -0.2) is 9.97 Å². The molecule has 0 bridgehead atoms. The van der Waals surface area contributed by atoms with E-state index in [1.54, 1.807) is 0 Å². The second-order valence-electron chi connectivity index (χ2n) is 9.05. The van der Waals surface area contributed by atoms with Crippen LogP contribution in [-0.4, -0.2) is 45.7 Å². The molecule has 0 amide bonds. The Morgan fingerprint density at radius 1 is 0.824 bits per heavy atom. The first-order valence-electron chi connectivity index (χ1n) is 12.2. The van der Waals surface area contributed by atoms with Gasteiger partial charge in [0.1, 0.15) is 5.52 Å². The van der Waals surface area contributed by atoms with E-state index in [-0.39, 0.29) is 0 Å². The van der Waals surface area contributed by atoms with Crippen LogP contribution in [0.2, 0.25) is 0 Å². The summed E-state index contributed by atoms with van der Waals surface area (Å²) in [5.74, 6) is 1.42. The minimum absolute atomic E-state index is 0.400. The van der Waals surface area contributed by atoms with Gasteiger partial charge in [0, 0.05) is 49.3 Å². The zero-order valence-electron chi connectivity index (χ0n) is 19.2. The highest BCUT2D eigenvalue weighted by molar-refractivity contribution is 5.77. The van der Waals surface area contributed by atoms with Crippen molar-refractivity contribution < 1.29 is 0 Å². The molecule has 4 aromatic rings. The number of hydrogen-bond acceptors (Lipinski definition) is 7. The second kappa shape index (κ2) is 9.30. The van der Waals surface area contributed by atoms with E-state index in [1.807, 2.05) is 24.4 Å². The van der Waals surface area contributed by atoms with Crippen LogP contribution in [0.15, 0.2) is 60.8 Å². The molecule has 0 unspecified atom stereocenters. The standard InChI is InChI=1S/C26H30N8/c1-2-6-19(7-3-1)30-26-31-23-18-28-25(32-24(23)34(26)22-8-4-5-9-22)29-20-10-12-21(13-11-20)33-16-14-27-15-17-33/h1-3,6-7,10-13,18,22,27H,4-5,8-9,14-17H2,(H,30,31)(H,28,29,32). The molecule has 1 saturated heterocycles. The summed E-state index contributed by atoms with van der Waals surface area (Å²) in [6.45, 7) is 4.14. The van der Waals surface area contributed by atoms with E-state index >= 15 is 0 Å². The van der Waals surface area contributed by atoms with Crippen LogP contribution in [0, 0.1) is 0 Å². The Kier molecular flexibility index (Phi) is 5.73. The van der Waals surface area contributed by atoms with E-state index < -0.39 is 0 Å². The molecule has 0 radical (unpaired) electrons. The van der Waals surface area contributed by atoms with Crippen LogP contribution in [0.5, 0.6) is 0 Å². The summed E-state index contributed by atoms with van der Waals surface area (Å²) in [5.41, 5.74) is 4.94. The van der Waals surface area contributed by atoms with E-state index in [1.165, 1.54) is 18.5 Å². The molecule has 3 N–H and O–H groups in total. The van der Waals surface area contributed by atoms with Gasteiger partial charge in [0.15, 0.2) is 5.65 Å². The van der Waals surface area contributed by atoms with Crippen molar-refractivity contribution in [1.29, 1.82) is 0 Å². The van der Waals surface area contributed by atoms with Gasteiger partial charge in [-0.05, 0) is 49.2 Å². The van der Waals surface area contributed by atoms with Gasteiger partial charge in [0.2, 0.25) is 11.9 Å². The lowest BCUT2D eigenvalue weighted by Gasteiger charge is -2.29. The smallest absolute Gasteiger partial charge is 0.229 e. The molecule has 174 valence electrons. The number of para-hydroxylation sites is 1. The van der Waals surface area contributed by atoms with Crippen molar-refractivity contribution in [2.75, 3.05) is 41.7 Å². The molecule has 2 aliphatic rings. The average molecular weight is 455 g/mol. The number of rotatable bonds is 6. The van der Waals surface area contributed by atoms with Crippen molar-refractivity contribution in [3.63, 3.8) is 0 Å². The number of anilines is 5. The van der Waals surface area contributed by atoms with Gasteiger partial charge >= 0.3 is 0 Å². The molecule has 1 saturated carbocycles. The van der Waals surface area contributed by atoms with E-state index in [4.69, 9.17) is 9.97 Å². The first-order valence-corrected chi connectivity index (χ1v) is 12.2. The summed E-state index contributed by atoms with van der Waals surface area (Å²) in [6, 6.07) is 19.1. The van der Waals surface area contributed by atoms with E-state index in [2.05, 4.69) is 66.8 Å². The maximum absolute atomic E-state index is 4.91. The second-order valence-corrected chi connectivity index (χ2v) is 9.05. The van der Waals surface area contributed by atoms with Crippen LogP contribution in [-0.2, 0) is 0 Å². The normalized spacial score (nSPS) is 16.8. The van der Waals surface area contributed by atoms with Gasteiger partial charge in [-0.3, -0.25) is 4.57 Å². The summed E-state index contributed by atoms with van der Waals surface area (Å²) in [4.78, 5) is 16.7. The summed E-state index contributed by atoms with van der Waals surface area (Å²) in [7, 11) is 0. The molecule has 6 rings (SSSR count). The highest BCUT2D eigenvalue weighted by atomic mass is 15.3.